The van der Waals surface area contributed by atoms with Gasteiger partial charge in [0.1, 0.15) is 5.75 Å². The number of hydrogen-bond donors (Lipinski definition) is 2. The smallest absolute Gasteiger partial charge is 0.222 e. The van der Waals surface area contributed by atoms with Crippen LogP contribution in [0.4, 0.5) is 5.95 Å². The van der Waals surface area contributed by atoms with Gasteiger partial charge in [-0.1, -0.05) is 25.1 Å². The van der Waals surface area contributed by atoms with E-state index in [0.29, 0.717) is 5.95 Å². The topological polar surface area (TPSA) is 59.1 Å². The van der Waals surface area contributed by atoms with Crippen LogP contribution in [0.2, 0.25) is 0 Å². The van der Waals surface area contributed by atoms with Crippen molar-refractivity contribution in [2.75, 3.05) is 19.0 Å². The van der Waals surface area contributed by atoms with E-state index in [1.54, 1.807) is 7.11 Å². The molecule has 1 heterocycles. The van der Waals surface area contributed by atoms with Crippen LogP contribution >= 0.6 is 0 Å². The van der Waals surface area contributed by atoms with Crippen LogP contribution in [-0.2, 0) is 13.1 Å². The Kier molecular flexibility index (Phi) is 5.97. The fraction of sp³-hybridized carbons (Fsp3) is 0.375. The molecule has 2 rings (SSSR count). The van der Waals surface area contributed by atoms with Crippen LogP contribution in [0.25, 0.3) is 0 Å². The van der Waals surface area contributed by atoms with Gasteiger partial charge < -0.3 is 15.4 Å². The highest BCUT2D eigenvalue weighted by molar-refractivity contribution is 5.33. The lowest BCUT2D eigenvalue weighted by Gasteiger charge is -2.09. The molecule has 0 saturated carbocycles. The maximum Gasteiger partial charge on any atom is 0.222 e. The summed E-state index contributed by atoms with van der Waals surface area (Å²) in [5.41, 5.74) is 2.20. The van der Waals surface area contributed by atoms with Gasteiger partial charge in [0.15, 0.2) is 0 Å². The number of nitrogens with one attached hydrogen (secondary N) is 2. The fourth-order valence-electron chi connectivity index (χ4n) is 1.96. The lowest BCUT2D eigenvalue weighted by atomic mass is 10.2. The molecule has 0 saturated heterocycles. The highest BCUT2D eigenvalue weighted by atomic mass is 16.5. The second-order valence-electron chi connectivity index (χ2n) is 4.76. The van der Waals surface area contributed by atoms with Gasteiger partial charge in [0.2, 0.25) is 5.95 Å². The standard InChI is InChI=1S/C16H22N4O/c1-3-8-18-16-19-10-13(11-20-16)9-17-12-14-6-4-5-7-15(14)21-2/h4-7,10-11,17H,3,8-9,12H2,1-2H3,(H,18,19,20). The predicted molar refractivity (Wildman–Crippen MR) is 84.4 cm³/mol. The molecule has 1 aromatic heterocycles. The first-order valence-electron chi connectivity index (χ1n) is 7.21. The maximum atomic E-state index is 5.33. The Bertz CT molecular complexity index is 542. The Morgan fingerprint density at radius 1 is 1.10 bits per heavy atom. The summed E-state index contributed by atoms with van der Waals surface area (Å²) in [6.07, 6.45) is 4.76. The average molecular weight is 286 g/mol. The van der Waals surface area contributed by atoms with Crippen LogP contribution < -0.4 is 15.4 Å². The molecule has 0 aliphatic rings. The molecule has 0 aliphatic carbocycles. The van der Waals surface area contributed by atoms with Crippen molar-refractivity contribution in [1.29, 1.82) is 0 Å². The first kappa shape index (κ1) is 15.3. The molecule has 2 aromatic rings. The second-order valence-corrected chi connectivity index (χ2v) is 4.76. The third-order valence-electron chi connectivity index (χ3n) is 3.08. The molecule has 0 atom stereocenters. The molecule has 5 heteroatoms. The fourth-order valence-corrected chi connectivity index (χ4v) is 1.96. The summed E-state index contributed by atoms with van der Waals surface area (Å²) in [5, 5.41) is 6.53. The lowest BCUT2D eigenvalue weighted by Crippen LogP contribution is -2.14. The van der Waals surface area contributed by atoms with Crippen molar-refractivity contribution < 1.29 is 4.74 Å². The summed E-state index contributed by atoms with van der Waals surface area (Å²) in [5.74, 6) is 1.59. The minimum absolute atomic E-state index is 0.685. The SMILES string of the molecule is CCCNc1ncc(CNCc2ccccc2OC)cn1. The third kappa shape index (κ3) is 4.72. The van der Waals surface area contributed by atoms with Gasteiger partial charge in [-0.3, -0.25) is 0 Å². The van der Waals surface area contributed by atoms with E-state index in [1.165, 1.54) is 0 Å². The maximum absolute atomic E-state index is 5.33. The van der Waals surface area contributed by atoms with Crippen LogP contribution in [0, 0.1) is 0 Å². The Morgan fingerprint density at radius 3 is 2.57 bits per heavy atom. The van der Waals surface area contributed by atoms with E-state index in [-0.39, 0.29) is 0 Å². The number of para-hydroxylation sites is 1. The molecule has 0 aliphatic heterocycles. The molecule has 0 amide bonds. The number of methoxy groups -OCH3 is 1. The van der Waals surface area contributed by atoms with Gasteiger partial charge in [-0.15, -0.1) is 0 Å². The number of hydrogen-bond acceptors (Lipinski definition) is 5. The summed E-state index contributed by atoms with van der Waals surface area (Å²) in [7, 11) is 1.69. The van der Waals surface area contributed by atoms with Crippen molar-refractivity contribution in [3.05, 3.63) is 47.8 Å². The predicted octanol–water partition coefficient (Wildman–Crippen LogP) is 2.60. The van der Waals surface area contributed by atoms with Crippen LogP contribution in [0.3, 0.4) is 0 Å². The number of rotatable bonds is 8. The minimum atomic E-state index is 0.685. The number of aromatic nitrogens is 2. The molecule has 5 nitrogen and oxygen atoms in total. The van der Waals surface area contributed by atoms with Crippen molar-refractivity contribution in [3.63, 3.8) is 0 Å². The van der Waals surface area contributed by atoms with E-state index in [1.807, 2.05) is 30.6 Å². The van der Waals surface area contributed by atoms with Crippen LogP contribution in [0.5, 0.6) is 5.75 Å². The number of ether oxygens (including phenoxy) is 1. The van der Waals surface area contributed by atoms with E-state index < -0.39 is 0 Å². The molecule has 0 unspecified atom stereocenters. The zero-order valence-electron chi connectivity index (χ0n) is 12.6. The molecular formula is C16H22N4O. The molecule has 0 bridgehead atoms. The zero-order chi connectivity index (χ0) is 14.9. The third-order valence-corrected chi connectivity index (χ3v) is 3.08. The largest absolute Gasteiger partial charge is 0.496 e. The van der Waals surface area contributed by atoms with Gasteiger partial charge in [0, 0.05) is 43.2 Å². The molecular weight excluding hydrogens is 264 g/mol. The first-order valence-corrected chi connectivity index (χ1v) is 7.21. The molecule has 2 N–H and O–H groups in total. The van der Waals surface area contributed by atoms with Crippen molar-refractivity contribution in [2.24, 2.45) is 0 Å². The summed E-state index contributed by atoms with van der Waals surface area (Å²) in [4.78, 5) is 8.58. The Balaban J connectivity index is 1.83. The van der Waals surface area contributed by atoms with Crippen molar-refractivity contribution >= 4 is 5.95 Å². The van der Waals surface area contributed by atoms with E-state index >= 15 is 0 Å². The molecule has 0 fully saturated rings. The summed E-state index contributed by atoms with van der Waals surface area (Å²) >= 11 is 0. The molecule has 112 valence electrons. The Morgan fingerprint density at radius 2 is 1.86 bits per heavy atom. The van der Waals surface area contributed by atoms with Gasteiger partial charge in [-0.2, -0.15) is 0 Å². The molecule has 0 radical (unpaired) electrons. The second kappa shape index (κ2) is 8.21. The van der Waals surface area contributed by atoms with E-state index in [9.17, 15) is 0 Å². The normalized spacial score (nSPS) is 10.4. The monoisotopic (exact) mass is 286 g/mol. The quantitative estimate of drug-likeness (QED) is 0.781. The van der Waals surface area contributed by atoms with Gasteiger partial charge in [-0.25, -0.2) is 9.97 Å². The van der Waals surface area contributed by atoms with Gasteiger partial charge >= 0.3 is 0 Å². The molecule has 0 spiro atoms. The Labute approximate surface area is 125 Å². The van der Waals surface area contributed by atoms with Crippen LogP contribution in [-0.4, -0.2) is 23.6 Å². The Hall–Kier alpha value is -2.14. The van der Waals surface area contributed by atoms with Gasteiger partial charge in [0.05, 0.1) is 7.11 Å². The number of anilines is 1. The lowest BCUT2D eigenvalue weighted by molar-refractivity contribution is 0.407. The van der Waals surface area contributed by atoms with Gasteiger partial charge in [0.25, 0.3) is 0 Å². The van der Waals surface area contributed by atoms with E-state index in [4.69, 9.17) is 4.74 Å². The van der Waals surface area contributed by atoms with E-state index in [2.05, 4.69) is 33.6 Å². The van der Waals surface area contributed by atoms with Crippen LogP contribution in [0.1, 0.15) is 24.5 Å². The van der Waals surface area contributed by atoms with Crippen LogP contribution in [0.15, 0.2) is 36.7 Å². The first-order chi connectivity index (χ1) is 10.3. The average Bonchev–Trinajstić information content (AvgIpc) is 2.54. The number of nitrogens with zero attached hydrogens (tertiary/aromatic N) is 2. The molecule has 1 aromatic carbocycles. The van der Waals surface area contributed by atoms with Crippen molar-refractivity contribution in [2.45, 2.75) is 26.4 Å². The minimum Gasteiger partial charge on any atom is -0.496 e. The summed E-state index contributed by atoms with van der Waals surface area (Å²) < 4.78 is 5.33. The van der Waals surface area contributed by atoms with E-state index in [0.717, 1.165) is 42.9 Å². The zero-order valence-corrected chi connectivity index (χ0v) is 12.6. The highest BCUT2D eigenvalue weighted by Crippen LogP contribution is 2.16. The molecule has 21 heavy (non-hydrogen) atoms. The summed E-state index contributed by atoms with van der Waals surface area (Å²) in [6.45, 7) is 4.49. The van der Waals surface area contributed by atoms with Gasteiger partial charge in [-0.05, 0) is 12.5 Å². The highest BCUT2D eigenvalue weighted by Gasteiger charge is 2.01. The summed E-state index contributed by atoms with van der Waals surface area (Å²) in [6, 6.07) is 8.00. The van der Waals surface area contributed by atoms with Crippen molar-refractivity contribution in [1.82, 2.24) is 15.3 Å². The number of benzene rings is 1. The van der Waals surface area contributed by atoms with Crippen molar-refractivity contribution in [3.8, 4) is 5.75 Å².